The summed E-state index contributed by atoms with van der Waals surface area (Å²) in [6, 6.07) is 15.2. The molecule has 7 rings (SSSR count). The predicted molar refractivity (Wildman–Crippen MR) is 179 cm³/mol. The van der Waals surface area contributed by atoms with Crippen molar-refractivity contribution >= 4 is 29.1 Å². The largest absolute Gasteiger partial charge is 0.485 e. The van der Waals surface area contributed by atoms with E-state index in [1.54, 1.807) is 18.2 Å². The molecule has 14 heteroatoms. The minimum atomic E-state index is -1.50. The molecule has 4 fully saturated rings. The molecular formula is C35H40FN9O4. The van der Waals surface area contributed by atoms with Gasteiger partial charge in [-0.05, 0) is 48.9 Å². The number of piperidine rings is 1. The van der Waals surface area contributed by atoms with Crippen LogP contribution in [-0.2, 0) is 14.3 Å². The maximum Gasteiger partial charge on any atom is 0.245 e. The summed E-state index contributed by atoms with van der Waals surface area (Å²) in [5.74, 6) is 0.501. The lowest BCUT2D eigenvalue weighted by molar-refractivity contribution is -0.144. The van der Waals surface area contributed by atoms with Crippen LogP contribution in [-0.4, -0.2) is 113 Å². The van der Waals surface area contributed by atoms with Gasteiger partial charge in [-0.25, -0.2) is 14.4 Å². The number of nitrogens with zero attached hydrogens (tertiary/aromatic N) is 7. The lowest BCUT2D eigenvalue weighted by Gasteiger charge is -2.46. The zero-order valence-corrected chi connectivity index (χ0v) is 27.6. The van der Waals surface area contributed by atoms with E-state index in [1.165, 1.54) is 16.9 Å². The van der Waals surface area contributed by atoms with Crippen molar-refractivity contribution in [2.75, 3.05) is 62.7 Å². The van der Waals surface area contributed by atoms with Crippen molar-refractivity contribution in [2.45, 2.75) is 51.0 Å². The van der Waals surface area contributed by atoms with Crippen LogP contribution in [0.25, 0.3) is 11.4 Å². The van der Waals surface area contributed by atoms with E-state index in [-0.39, 0.29) is 42.6 Å². The highest BCUT2D eigenvalue weighted by molar-refractivity contribution is 5.91. The van der Waals surface area contributed by atoms with Crippen molar-refractivity contribution in [3.63, 3.8) is 0 Å². The average Bonchev–Trinajstić information content (AvgIpc) is 3.52. The van der Waals surface area contributed by atoms with E-state index in [4.69, 9.17) is 9.47 Å². The Balaban J connectivity index is 0.988. The SMILES string of the molecule is CC1(C)CN(C(=O)C2CCC(=O)N2)C[C@@H](F)[C@H]1Oc1ccc(-c2ncnc(Nc3ccc(N4CCN(C5COC5)CC4)cc3)n2)cc1C#N. The topological polar surface area (TPSA) is 149 Å². The molecule has 0 spiro atoms. The minimum absolute atomic E-state index is 0.157. The number of hydrogen-bond donors (Lipinski definition) is 2. The van der Waals surface area contributed by atoms with Crippen LogP contribution in [0.1, 0.15) is 32.3 Å². The number of alkyl halides is 1. The number of benzene rings is 2. The fourth-order valence-electron chi connectivity index (χ4n) is 7.02. The van der Waals surface area contributed by atoms with Crippen LogP contribution in [0.5, 0.6) is 5.75 Å². The number of amides is 2. The van der Waals surface area contributed by atoms with Gasteiger partial charge in [-0.2, -0.15) is 10.2 Å². The molecule has 2 aromatic carbocycles. The monoisotopic (exact) mass is 669 g/mol. The van der Waals surface area contributed by atoms with Crippen LogP contribution >= 0.6 is 0 Å². The van der Waals surface area contributed by atoms with Crippen LogP contribution in [0, 0.1) is 16.7 Å². The van der Waals surface area contributed by atoms with Crippen LogP contribution < -0.4 is 20.3 Å². The highest BCUT2D eigenvalue weighted by Gasteiger charge is 2.47. The Hall–Kier alpha value is -4.87. The van der Waals surface area contributed by atoms with Gasteiger partial charge < -0.3 is 29.9 Å². The van der Waals surface area contributed by atoms with Crippen molar-refractivity contribution in [2.24, 2.45) is 5.41 Å². The molecule has 4 aliphatic heterocycles. The number of aromatic nitrogens is 3. The van der Waals surface area contributed by atoms with Crippen molar-refractivity contribution in [3.05, 3.63) is 54.4 Å². The second kappa shape index (κ2) is 13.6. The number of carbonyl (C=O) groups is 2. The molecule has 1 aromatic heterocycles. The number of hydrogen-bond acceptors (Lipinski definition) is 11. The lowest BCUT2D eigenvalue weighted by atomic mass is 9.79. The molecule has 0 radical (unpaired) electrons. The summed E-state index contributed by atoms with van der Waals surface area (Å²) < 4.78 is 27.2. The van der Waals surface area contributed by atoms with Gasteiger partial charge in [0.1, 0.15) is 30.3 Å². The molecule has 1 unspecified atom stereocenters. The molecule has 13 nitrogen and oxygen atoms in total. The number of piperazine rings is 1. The Bertz CT molecular complexity index is 1740. The second-order valence-corrected chi connectivity index (χ2v) is 13.8. The third-order valence-electron chi connectivity index (χ3n) is 9.82. The average molecular weight is 670 g/mol. The number of ether oxygens (including phenoxy) is 2. The fraction of sp³-hybridized carbons (Fsp3) is 0.486. The van der Waals surface area contributed by atoms with E-state index in [2.05, 4.69) is 53.6 Å². The third kappa shape index (κ3) is 7.00. The van der Waals surface area contributed by atoms with Gasteiger partial charge in [0.2, 0.25) is 17.8 Å². The number of rotatable bonds is 8. The lowest BCUT2D eigenvalue weighted by Crippen LogP contribution is -2.61. The Morgan fingerprint density at radius 1 is 1.12 bits per heavy atom. The zero-order chi connectivity index (χ0) is 34.1. The van der Waals surface area contributed by atoms with Gasteiger partial charge in [0.05, 0.1) is 31.4 Å². The van der Waals surface area contributed by atoms with E-state index in [9.17, 15) is 14.9 Å². The molecule has 256 valence electrons. The molecule has 4 aliphatic rings. The Morgan fingerprint density at radius 3 is 2.55 bits per heavy atom. The van der Waals surface area contributed by atoms with E-state index < -0.39 is 23.7 Å². The van der Waals surface area contributed by atoms with Gasteiger partial charge in [-0.3, -0.25) is 14.5 Å². The molecule has 3 aromatic rings. The smallest absolute Gasteiger partial charge is 0.245 e. The summed E-state index contributed by atoms with van der Waals surface area (Å²) in [6.45, 7) is 9.45. The molecule has 49 heavy (non-hydrogen) atoms. The first-order chi connectivity index (χ1) is 23.7. The summed E-state index contributed by atoms with van der Waals surface area (Å²) in [6.07, 6.45) is -0.300. The molecule has 4 saturated heterocycles. The predicted octanol–water partition coefficient (Wildman–Crippen LogP) is 2.91. The normalized spacial score (nSPS) is 24.1. The highest BCUT2D eigenvalue weighted by atomic mass is 19.1. The van der Waals surface area contributed by atoms with Crippen molar-refractivity contribution in [1.29, 1.82) is 5.26 Å². The summed E-state index contributed by atoms with van der Waals surface area (Å²) >= 11 is 0. The minimum Gasteiger partial charge on any atom is -0.485 e. The molecule has 3 atom stereocenters. The van der Waals surface area contributed by atoms with Gasteiger partial charge in [0, 0.05) is 61.5 Å². The van der Waals surface area contributed by atoms with Gasteiger partial charge in [-0.1, -0.05) is 13.8 Å². The van der Waals surface area contributed by atoms with Crippen LogP contribution in [0.3, 0.4) is 0 Å². The molecule has 5 heterocycles. The Labute approximate surface area is 284 Å². The first kappa shape index (κ1) is 32.7. The summed E-state index contributed by atoms with van der Waals surface area (Å²) in [4.78, 5) is 44.1. The van der Waals surface area contributed by atoms with Crippen molar-refractivity contribution in [1.82, 2.24) is 30.1 Å². The molecule has 0 saturated carbocycles. The second-order valence-electron chi connectivity index (χ2n) is 13.8. The first-order valence-electron chi connectivity index (χ1n) is 16.7. The van der Waals surface area contributed by atoms with Crippen LogP contribution in [0.2, 0.25) is 0 Å². The molecular weight excluding hydrogens is 629 g/mol. The van der Waals surface area contributed by atoms with Gasteiger partial charge >= 0.3 is 0 Å². The number of carbonyl (C=O) groups excluding carboxylic acids is 2. The standard InChI is InChI=1S/C35H40FN9O4/c1-35(2)20-45(33(47)28-8-10-30(46)41-28)17-27(36)31(35)49-29-9-3-22(15-23(29)16-37)32-38-21-39-34(42-32)40-24-4-6-25(7-5-24)43-11-13-44(14-12-43)26-18-48-19-26/h3-7,9,15,21,26-28,31H,8,10-14,17-20H2,1-2H3,(H,41,46)(H,38,39,40,42)/t27-,28?,31-/m1/s1. The number of nitrogens with one attached hydrogen (secondary N) is 2. The number of likely N-dealkylation sites (tertiary alicyclic amines) is 1. The van der Waals surface area contributed by atoms with Gasteiger partial charge in [0.25, 0.3) is 0 Å². The van der Waals surface area contributed by atoms with Crippen molar-refractivity contribution < 1.29 is 23.5 Å². The zero-order valence-electron chi connectivity index (χ0n) is 27.6. The quantitative estimate of drug-likeness (QED) is 0.365. The maximum atomic E-state index is 15.6. The van der Waals surface area contributed by atoms with Crippen molar-refractivity contribution in [3.8, 4) is 23.2 Å². The number of nitriles is 1. The summed E-state index contributed by atoms with van der Waals surface area (Å²) in [5.41, 5.74) is 2.01. The molecule has 0 aliphatic carbocycles. The number of anilines is 3. The Morgan fingerprint density at radius 2 is 1.90 bits per heavy atom. The summed E-state index contributed by atoms with van der Waals surface area (Å²) in [7, 11) is 0. The van der Waals surface area contributed by atoms with Gasteiger partial charge in [0.15, 0.2) is 12.0 Å². The fourth-order valence-corrected chi connectivity index (χ4v) is 7.02. The number of halogens is 1. The van der Waals surface area contributed by atoms with E-state index in [0.717, 1.165) is 45.1 Å². The van der Waals surface area contributed by atoms with Crippen LogP contribution in [0.4, 0.5) is 21.7 Å². The van der Waals surface area contributed by atoms with E-state index in [0.29, 0.717) is 29.8 Å². The molecule has 2 N–H and O–H groups in total. The maximum absolute atomic E-state index is 15.6. The summed E-state index contributed by atoms with van der Waals surface area (Å²) in [5, 5.41) is 15.9. The van der Waals surface area contributed by atoms with E-state index >= 15 is 4.39 Å². The van der Waals surface area contributed by atoms with Crippen LogP contribution in [0.15, 0.2) is 48.8 Å². The molecule has 2 amide bonds. The van der Waals surface area contributed by atoms with Gasteiger partial charge in [-0.15, -0.1) is 0 Å². The Kier molecular flexibility index (Phi) is 9.04. The molecule has 0 bridgehead atoms. The highest BCUT2D eigenvalue weighted by Crippen LogP contribution is 2.37. The first-order valence-corrected chi connectivity index (χ1v) is 16.7. The third-order valence-corrected chi connectivity index (χ3v) is 9.82. The van der Waals surface area contributed by atoms with E-state index in [1.807, 2.05) is 26.0 Å².